The van der Waals surface area contributed by atoms with Crippen molar-refractivity contribution in [2.75, 3.05) is 0 Å². The molecular formula is C10H7N3S. The van der Waals surface area contributed by atoms with Gasteiger partial charge in [-0.1, -0.05) is 18.2 Å². The van der Waals surface area contributed by atoms with Gasteiger partial charge in [0.25, 0.3) is 0 Å². The quantitative estimate of drug-likeness (QED) is 0.605. The minimum absolute atomic E-state index is 0.885. The fraction of sp³-hybridized carbons (Fsp3) is 0. The number of nitrogens with zero attached hydrogens (tertiary/aromatic N) is 3. The first-order valence-electron chi connectivity index (χ1n) is 4.26. The van der Waals surface area contributed by atoms with Crippen molar-refractivity contribution >= 4 is 22.2 Å². The molecule has 0 aliphatic carbocycles. The van der Waals surface area contributed by atoms with Crippen LogP contribution in [0.25, 0.3) is 16.7 Å². The molecule has 0 spiro atoms. The fourth-order valence-electron chi connectivity index (χ4n) is 1.47. The second kappa shape index (κ2) is 2.92. The Morgan fingerprint density at radius 3 is 3.00 bits per heavy atom. The van der Waals surface area contributed by atoms with Crippen LogP contribution in [0.15, 0.2) is 41.4 Å². The summed E-state index contributed by atoms with van der Waals surface area (Å²) in [6.45, 7) is 0. The van der Waals surface area contributed by atoms with E-state index in [0.29, 0.717) is 0 Å². The molecule has 68 valence electrons. The molecule has 2 aromatic heterocycles. The van der Waals surface area contributed by atoms with E-state index in [2.05, 4.69) is 10.1 Å². The second-order valence-electron chi connectivity index (χ2n) is 2.96. The average molecular weight is 201 g/mol. The fourth-order valence-corrected chi connectivity index (χ4v) is 1.98. The van der Waals surface area contributed by atoms with E-state index in [1.165, 1.54) is 0 Å². The van der Waals surface area contributed by atoms with E-state index in [1.54, 1.807) is 11.3 Å². The predicted octanol–water partition coefficient (Wildman–Crippen LogP) is 2.48. The van der Waals surface area contributed by atoms with Crippen LogP contribution in [-0.4, -0.2) is 14.8 Å². The van der Waals surface area contributed by atoms with Crippen molar-refractivity contribution in [2.24, 2.45) is 0 Å². The Kier molecular flexibility index (Phi) is 1.61. The summed E-state index contributed by atoms with van der Waals surface area (Å²) in [5, 5.41) is 7.42. The molecule has 2 heterocycles. The molecule has 0 aliphatic heterocycles. The van der Waals surface area contributed by atoms with Crippen LogP contribution >= 0.6 is 11.3 Å². The van der Waals surface area contributed by atoms with Crippen LogP contribution in [0.5, 0.6) is 0 Å². The van der Waals surface area contributed by atoms with Gasteiger partial charge >= 0.3 is 0 Å². The molecule has 0 saturated carbocycles. The number of thiazole rings is 1. The monoisotopic (exact) mass is 201 g/mol. The highest BCUT2D eigenvalue weighted by Crippen LogP contribution is 2.17. The van der Waals surface area contributed by atoms with Crippen molar-refractivity contribution in [3.8, 4) is 5.82 Å². The number of hydrogen-bond acceptors (Lipinski definition) is 3. The molecule has 0 fully saturated rings. The summed E-state index contributed by atoms with van der Waals surface area (Å²) in [6.07, 6.45) is 1.86. The highest BCUT2D eigenvalue weighted by molar-refractivity contribution is 7.07. The molecule has 0 saturated heterocycles. The molecule has 0 amide bonds. The normalized spacial score (nSPS) is 10.9. The third-order valence-corrected chi connectivity index (χ3v) is 2.69. The zero-order valence-corrected chi connectivity index (χ0v) is 8.11. The highest BCUT2D eigenvalue weighted by atomic mass is 32.1. The number of para-hydroxylation sites is 1. The molecule has 0 atom stereocenters. The van der Waals surface area contributed by atoms with Crippen molar-refractivity contribution in [2.45, 2.75) is 0 Å². The van der Waals surface area contributed by atoms with E-state index in [4.69, 9.17) is 0 Å². The standard InChI is InChI=1S/C10H7N3S/c1-2-4-9-8(3-1)5-12-13(9)10-6-14-7-11-10/h1-7H. The Labute approximate surface area is 84.6 Å². The zero-order chi connectivity index (χ0) is 9.38. The minimum atomic E-state index is 0.885. The Morgan fingerprint density at radius 1 is 1.21 bits per heavy atom. The smallest absolute Gasteiger partial charge is 0.164 e. The van der Waals surface area contributed by atoms with Crippen molar-refractivity contribution in [1.29, 1.82) is 0 Å². The van der Waals surface area contributed by atoms with Crippen LogP contribution in [0, 0.1) is 0 Å². The lowest BCUT2D eigenvalue weighted by atomic mass is 10.3. The summed E-state index contributed by atoms with van der Waals surface area (Å²) < 4.78 is 1.85. The molecule has 3 aromatic rings. The van der Waals surface area contributed by atoms with Gasteiger partial charge in [0, 0.05) is 10.8 Å². The molecule has 4 heteroatoms. The van der Waals surface area contributed by atoms with E-state index in [0.717, 1.165) is 16.7 Å². The van der Waals surface area contributed by atoms with Crippen LogP contribution in [-0.2, 0) is 0 Å². The SMILES string of the molecule is c1ccc2c(c1)cnn2-c1cscn1. The number of fused-ring (bicyclic) bond motifs is 1. The first kappa shape index (κ1) is 7.70. The summed E-state index contributed by atoms with van der Waals surface area (Å²) in [6, 6.07) is 8.11. The van der Waals surface area contributed by atoms with E-state index < -0.39 is 0 Å². The average Bonchev–Trinajstić information content (AvgIpc) is 2.85. The van der Waals surface area contributed by atoms with Gasteiger partial charge in [-0.2, -0.15) is 5.10 Å². The molecule has 0 aliphatic rings. The van der Waals surface area contributed by atoms with Gasteiger partial charge in [0.05, 0.1) is 17.2 Å². The number of hydrogen-bond donors (Lipinski definition) is 0. The molecule has 0 radical (unpaired) electrons. The largest absolute Gasteiger partial charge is 0.226 e. The third-order valence-electron chi connectivity index (χ3n) is 2.11. The van der Waals surface area contributed by atoms with Crippen LogP contribution in [0.2, 0.25) is 0 Å². The summed E-state index contributed by atoms with van der Waals surface area (Å²) in [4.78, 5) is 4.23. The van der Waals surface area contributed by atoms with Gasteiger partial charge in [0.15, 0.2) is 5.82 Å². The van der Waals surface area contributed by atoms with Gasteiger partial charge < -0.3 is 0 Å². The highest BCUT2D eigenvalue weighted by Gasteiger charge is 2.04. The molecule has 0 bridgehead atoms. The molecular weight excluding hydrogens is 194 g/mol. The Balaban J connectivity index is 2.33. The first-order chi connectivity index (χ1) is 6.95. The topological polar surface area (TPSA) is 30.7 Å². The van der Waals surface area contributed by atoms with Gasteiger partial charge in [-0.15, -0.1) is 11.3 Å². The van der Waals surface area contributed by atoms with Gasteiger partial charge in [-0.25, -0.2) is 9.67 Å². The van der Waals surface area contributed by atoms with Crippen LogP contribution < -0.4 is 0 Å². The summed E-state index contributed by atoms with van der Waals surface area (Å²) in [7, 11) is 0. The molecule has 1 aromatic carbocycles. The van der Waals surface area contributed by atoms with Crippen LogP contribution in [0.1, 0.15) is 0 Å². The van der Waals surface area contributed by atoms with E-state index in [1.807, 2.05) is 46.0 Å². The molecule has 3 nitrogen and oxygen atoms in total. The summed E-state index contributed by atoms with van der Waals surface area (Å²) in [5.41, 5.74) is 2.91. The van der Waals surface area contributed by atoms with Crippen LogP contribution in [0.4, 0.5) is 0 Å². The number of rotatable bonds is 1. The summed E-state index contributed by atoms with van der Waals surface area (Å²) in [5.74, 6) is 0.885. The lowest BCUT2D eigenvalue weighted by molar-refractivity contribution is 0.883. The summed E-state index contributed by atoms with van der Waals surface area (Å²) >= 11 is 1.57. The lowest BCUT2D eigenvalue weighted by Crippen LogP contribution is -1.95. The number of aromatic nitrogens is 3. The molecule has 14 heavy (non-hydrogen) atoms. The minimum Gasteiger partial charge on any atom is -0.226 e. The van der Waals surface area contributed by atoms with Gasteiger partial charge in [0.2, 0.25) is 0 Å². The van der Waals surface area contributed by atoms with Crippen molar-refractivity contribution < 1.29 is 0 Å². The van der Waals surface area contributed by atoms with Crippen molar-refractivity contribution in [3.63, 3.8) is 0 Å². The lowest BCUT2D eigenvalue weighted by Gasteiger charge is -1.96. The Bertz CT molecular complexity index is 554. The Hall–Kier alpha value is -1.68. The number of benzene rings is 1. The predicted molar refractivity (Wildman–Crippen MR) is 56.7 cm³/mol. The molecule has 0 unspecified atom stereocenters. The van der Waals surface area contributed by atoms with Crippen molar-refractivity contribution in [3.05, 3.63) is 41.4 Å². The maximum absolute atomic E-state index is 4.30. The van der Waals surface area contributed by atoms with Crippen molar-refractivity contribution in [1.82, 2.24) is 14.8 Å². The Morgan fingerprint density at radius 2 is 2.14 bits per heavy atom. The van der Waals surface area contributed by atoms with Gasteiger partial charge in [-0.05, 0) is 6.07 Å². The maximum atomic E-state index is 4.30. The van der Waals surface area contributed by atoms with Gasteiger partial charge in [0.1, 0.15) is 0 Å². The zero-order valence-electron chi connectivity index (χ0n) is 7.29. The third kappa shape index (κ3) is 1.04. The first-order valence-corrected chi connectivity index (χ1v) is 5.21. The van der Waals surface area contributed by atoms with Crippen LogP contribution in [0.3, 0.4) is 0 Å². The second-order valence-corrected chi connectivity index (χ2v) is 3.68. The molecule has 3 rings (SSSR count). The van der Waals surface area contributed by atoms with E-state index in [9.17, 15) is 0 Å². The maximum Gasteiger partial charge on any atom is 0.164 e. The van der Waals surface area contributed by atoms with E-state index >= 15 is 0 Å². The molecule has 0 N–H and O–H groups in total. The van der Waals surface area contributed by atoms with E-state index in [-0.39, 0.29) is 0 Å². The van der Waals surface area contributed by atoms with Gasteiger partial charge in [-0.3, -0.25) is 0 Å².